The maximum absolute atomic E-state index is 12.6. The number of benzene rings is 1. The zero-order valence-electron chi connectivity index (χ0n) is 16.1. The number of urea groups is 1. The number of hydrogen-bond acceptors (Lipinski definition) is 3. The largest absolute Gasteiger partial charge is 0.336 e. The lowest BCUT2D eigenvalue weighted by Gasteiger charge is -2.19. The van der Waals surface area contributed by atoms with Crippen molar-refractivity contribution < 1.29 is 9.59 Å². The fourth-order valence-corrected chi connectivity index (χ4v) is 3.92. The summed E-state index contributed by atoms with van der Waals surface area (Å²) in [5.74, 6) is 1.48. The van der Waals surface area contributed by atoms with Gasteiger partial charge in [-0.25, -0.2) is 9.78 Å². The molecule has 1 aromatic heterocycles. The molecule has 1 atom stereocenters. The maximum atomic E-state index is 12.6. The number of amides is 3. The number of hydrogen-bond donors (Lipinski definition) is 3. The van der Waals surface area contributed by atoms with E-state index < -0.39 is 0 Å². The van der Waals surface area contributed by atoms with Crippen molar-refractivity contribution in [2.75, 3.05) is 10.6 Å². The topological polar surface area (TPSA) is 88.1 Å². The summed E-state index contributed by atoms with van der Waals surface area (Å²) in [6.07, 6.45) is 10.0. The summed E-state index contributed by atoms with van der Waals surface area (Å²) in [4.78, 5) is 29.3. The van der Waals surface area contributed by atoms with Crippen LogP contribution in [-0.2, 0) is 11.8 Å². The first-order valence-electron chi connectivity index (χ1n) is 10.1. The lowest BCUT2D eigenvalue weighted by molar-refractivity contribution is -0.119. The molecule has 7 heteroatoms. The first-order chi connectivity index (χ1) is 13.6. The summed E-state index contributed by atoms with van der Waals surface area (Å²) in [5.41, 5.74) is 1.36. The smallest absolute Gasteiger partial charge is 0.319 e. The van der Waals surface area contributed by atoms with Crippen LogP contribution in [0.5, 0.6) is 0 Å². The van der Waals surface area contributed by atoms with Crippen LogP contribution in [-0.4, -0.2) is 21.5 Å². The molecule has 4 rings (SSSR count). The molecule has 2 fully saturated rings. The Hall–Kier alpha value is -2.83. The minimum Gasteiger partial charge on any atom is -0.336 e. The molecule has 3 amide bonds. The SMILES string of the molecule is Cn1ccnc1C(NC(=O)Nc1cccc(NC(=O)C2CCCC2)c1)C1CC1. The van der Waals surface area contributed by atoms with Crippen LogP contribution in [0.4, 0.5) is 16.2 Å². The minimum atomic E-state index is -0.265. The summed E-state index contributed by atoms with van der Waals surface area (Å²) >= 11 is 0. The average molecular weight is 381 g/mol. The van der Waals surface area contributed by atoms with Crippen molar-refractivity contribution in [1.82, 2.24) is 14.9 Å². The predicted octanol–water partition coefficient (Wildman–Crippen LogP) is 3.82. The van der Waals surface area contributed by atoms with Crippen molar-refractivity contribution in [3.63, 3.8) is 0 Å². The Morgan fingerprint density at radius 1 is 1.11 bits per heavy atom. The van der Waals surface area contributed by atoms with Gasteiger partial charge in [0, 0.05) is 36.7 Å². The number of nitrogens with one attached hydrogen (secondary N) is 3. The molecule has 2 aliphatic carbocycles. The van der Waals surface area contributed by atoms with Gasteiger partial charge in [-0.15, -0.1) is 0 Å². The van der Waals surface area contributed by atoms with Gasteiger partial charge in [-0.05, 0) is 49.8 Å². The van der Waals surface area contributed by atoms with Gasteiger partial charge in [-0.1, -0.05) is 18.9 Å². The fourth-order valence-electron chi connectivity index (χ4n) is 3.92. The highest BCUT2D eigenvalue weighted by Gasteiger charge is 2.35. The third kappa shape index (κ3) is 4.35. The highest BCUT2D eigenvalue weighted by molar-refractivity contribution is 5.94. The molecular weight excluding hydrogens is 354 g/mol. The van der Waals surface area contributed by atoms with Gasteiger partial charge in [0.2, 0.25) is 5.91 Å². The van der Waals surface area contributed by atoms with E-state index in [1.807, 2.05) is 36.0 Å². The molecule has 2 aliphatic rings. The Morgan fingerprint density at radius 3 is 2.46 bits per heavy atom. The van der Waals surface area contributed by atoms with Crippen molar-refractivity contribution in [2.45, 2.75) is 44.6 Å². The third-order valence-electron chi connectivity index (χ3n) is 5.63. The van der Waals surface area contributed by atoms with Gasteiger partial charge in [0.1, 0.15) is 5.82 Å². The van der Waals surface area contributed by atoms with Crippen LogP contribution in [0.25, 0.3) is 0 Å². The molecule has 0 bridgehead atoms. The van der Waals surface area contributed by atoms with E-state index in [-0.39, 0.29) is 23.9 Å². The van der Waals surface area contributed by atoms with Crippen molar-refractivity contribution in [3.8, 4) is 0 Å². The highest BCUT2D eigenvalue weighted by Crippen LogP contribution is 2.40. The molecule has 7 nitrogen and oxygen atoms in total. The molecule has 2 aromatic rings. The molecular formula is C21H27N5O2. The summed E-state index contributed by atoms with van der Waals surface area (Å²) in [6.45, 7) is 0. The second-order valence-corrected chi connectivity index (χ2v) is 7.86. The van der Waals surface area contributed by atoms with Gasteiger partial charge < -0.3 is 20.5 Å². The Balaban J connectivity index is 1.37. The number of nitrogens with zero attached hydrogens (tertiary/aromatic N) is 2. The second kappa shape index (κ2) is 8.04. The van der Waals surface area contributed by atoms with E-state index >= 15 is 0 Å². The van der Waals surface area contributed by atoms with Crippen LogP contribution < -0.4 is 16.0 Å². The zero-order chi connectivity index (χ0) is 19.5. The van der Waals surface area contributed by atoms with E-state index in [0.29, 0.717) is 17.3 Å². The number of anilines is 2. The number of aromatic nitrogens is 2. The molecule has 28 heavy (non-hydrogen) atoms. The van der Waals surface area contributed by atoms with E-state index in [2.05, 4.69) is 20.9 Å². The normalized spacial score (nSPS) is 17.9. The fraction of sp³-hybridized carbons (Fsp3) is 0.476. The minimum absolute atomic E-state index is 0.0719. The average Bonchev–Trinajstić information content (AvgIpc) is 3.18. The number of rotatable bonds is 6. The molecule has 1 aromatic carbocycles. The van der Waals surface area contributed by atoms with Gasteiger partial charge in [0.25, 0.3) is 0 Å². The molecule has 0 spiro atoms. The lowest BCUT2D eigenvalue weighted by Crippen LogP contribution is -2.35. The number of carbonyl (C=O) groups excluding carboxylic acids is 2. The van der Waals surface area contributed by atoms with Crippen molar-refractivity contribution in [1.29, 1.82) is 0 Å². The molecule has 2 saturated carbocycles. The number of aryl methyl sites for hydroxylation is 1. The summed E-state index contributed by atoms with van der Waals surface area (Å²) in [6, 6.07) is 6.93. The Labute approximate surface area is 164 Å². The van der Waals surface area contributed by atoms with Crippen molar-refractivity contribution >= 4 is 23.3 Å². The van der Waals surface area contributed by atoms with E-state index in [1.54, 1.807) is 12.3 Å². The molecule has 0 saturated heterocycles. The second-order valence-electron chi connectivity index (χ2n) is 7.86. The quantitative estimate of drug-likeness (QED) is 0.711. The Morgan fingerprint density at radius 2 is 1.82 bits per heavy atom. The molecule has 1 unspecified atom stereocenters. The van der Waals surface area contributed by atoms with E-state index in [9.17, 15) is 9.59 Å². The summed E-state index contributed by atoms with van der Waals surface area (Å²) < 4.78 is 1.95. The van der Waals surface area contributed by atoms with E-state index in [4.69, 9.17) is 0 Å². The zero-order valence-corrected chi connectivity index (χ0v) is 16.1. The highest BCUT2D eigenvalue weighted by atomic mass is 16.2. The van der Waals surface area contributed by atoms with E-state index in [1.165, 1.54) is 0 Å². The van der Waals surface area contributed by atoms with Gasteiger partial charge in [0.05, 0.1) is 6.04 Å². The van der Waals surface area contributed by atoms with Crippen LogP contribution in [0.15, 0.2) is 36.7 Å². The predicted molar refractivity (Wildman–Crippen MR) is 108 cm³/mol. The van der Waals surface area contributed by atoms with Crippen LogP contribution in [0, 0.1) is 11.8 Å². The first kappa shape index (κ1) is 18.5. The molecule has 0 radical (unpaired) electrons. The molecule has 1 heterocycles. The number of imidazole rings is 1. The van der Waals surface area contributed by atoms with Crippen LogP contribution in [0.3, 0.4) is 0 Å². The molecule has 3 N–H and O–H groups in total. The number of carbonyl (C=O) groups is 2. The van der Waals surface area contributed by atoms with Crippen molar-refractivity contribution in [2.24, 2.45) is 18.9 Å². The van der Waals surface area contributed by atoms with Gasteiger partial charge in [0.15, 0.2) is 0 Å². The van der Waals surface area contributed by atoms with Crippen LogP contribution in [0.1, 0.15) is 50.4 Å². The standard InChI is InChI=1S/C21H27N5O2/c1-26-12-11-22-19(26)18(14-9-10-14)25-21(28)24-17-8-4-7-16(13-17)23-20(27)15-5-2-3-6-15/h4,7-8,11-15,18H,2-3,5-6,9-10H2,1H3,(H,23,27)(H2,24,25,28). The Bertz CT molecular complexity index is 852. The van der Waals surface area contributed by atoms with Crippen LogP contribution in [0.2, 0.25) is 0 Å². The third-order valence-corrected chi connectivity index (χ3v) is 5.63. The molecule has 148 valence electrons. The summed E-state index contributed by atoms with van der Waals surface area (Å²) in [5, 5.41) is 8.91. The van der Waals surface area contributed by atoms with E-state index in [0.717, 1.165) is 44.3 Å². The van der Waals surface area contributed by atoms with Gasteiger partial charge in [-0.2, -0.15) is 0 Å². The molecule has 0 aliphatic heterocycles. The lowest BCUT2D eigenvalue weighted by atomic mass is 10.1. The summed E-state index contributed by atoms with van der Waals surface area (Å²) in [7, 11) is 1.94. The van der Waals surface area contributed by atoms with Crippen molar-refractivity contribution in [3.05, 3.63) is 42.5 Å². The monoisotopic (exact) mass is 381 g/mol. The first-order valence-corrected chi connectivity index (χ1v) is 10.1. The maximum Gasteiger partial charge on any atom is 0.319 e. The van der Waals surface area contributed by atoms with Gasteiger partial charge in [-0.3, -0.25) is 4.79 Å². The van der Waals surface area contributed by atoms with Crippen LogP contribution >= 0.6 is 0 Å². The Kier molecular flexibility index (Phi) is 5.32. The van der Waals surface area contributed by atoms with Gasteiger partial charge >= 0.3 is 6.03 Å².